The highest BCUT2D eigenvalue weighted by Gasteiger charge is 2.16. The molecular formula is C16H16N6OS. The zero-order valence-corrected chi connectivity index (χ0v) is 14.0. The van der Waals surface area contributed by atoms with Crippen LogP contribution in [-0.2, 0) is 0 Å². The van der Waals surface area contributed by atoms with Crippen molar-refractivity contribution in [3.63, 3.8) is 0 Å². The Morgan fingerprint density at radius 2 is 1.92 bits per heavy atom. The standard InChI is InChI=1S/C16H16N6OS/c1-10(2)19-13-11(6-5-9-18-13)14(23)20-16-22-21-15(24-16)12-7-3-4-8-17-12/h3-10H,1-2H3,(H,18,19)(H,20,22,23). The fourth-order valence-corrected chi connectivity index (χ4v) is 2.72. The van der Waals surface area contributed by atoms with Gasteiger partial charge in [0.1, 0.15) is 11.5 Å². The Balaban J connectivity index is 1.78. The van der Waals surface area contributed by atoms with Gasteiger partial charge >= 0.3 is 0 Å². The zero-order chi connectivity index (χ0) is 16.9. The van der Waals surface area contributed by atoms with Crippen LogP contribution in [0, 0.1) is 0 Å². The number of carbonyl (C=O) groups excluding carboxylic acids is 1. The summed E-state index contributed by atoms with van der Waals surface area (Å²) in [6, 6.07) is 9.16. The molecule has 0 saturated carbocycles. The van der Waals surface area contributed by atoms with E-state index < -0.39 is 0 Å². The maximum atomic E-state index is 12.5. The minimum absolute atomic E-state index is 0.170. The van der Waals surface area contributed by atoms with E-state index in [1.54, 1.807) is 24.5 Å². The number of amides is 1. The van der Waals surface area contributed by atoms with Crippen molar-refractivity contribution in [3.8, 4) is 10.7 Å². The van der Waals surface area contributed by atoms with E-state index in [0.717, 1.165) is 5.69 Å². The highest BCUT2D eigenvalue weighted by atomic mass is 32.1. The normalized spacial score (nSPS) is 10.6. The molecule has 0 aliphatic carbocycles. The molecule has 0 unspecified atom stereocenters. The Morgan fingerprint density at radius 3 is 2.67 bits per heavy atom. The molecule has 0 aliphatic heterocycles. The van der Waals surface area contributed by atoms with Crippen molar-refractivity contribution < 1.29 is 4.79 Å². The lowest BCUT2D eigenvalue weighted by Gasteiger charge is -2.12. The van der Waals surface area contributed by atoms with Gasteiger partial charge in [-0.1, -0.05) is 17.4 Å². The third kappa shape index (κ3) is 3.72. The minimum Gasteiger partial charge on any atom is -0.367 e. The predicted molar refractivity (Wildman–Crippen MR) is 94.1 cm³/mol. The Kier molecular flexibility index (Phi) is 4.76. The Morgan fingerprint density at radius 1 is 1.08 bits per heavy atom. The molecule has 8 heteroatoms. The van der Waals surface area contributed by atoms with Gasteiger partial charge in [0, 0.05) is 18.4 Å². The van der Waals surface area contributed by atoms with Crippen LogP contribution < -0.4 is 10.6 Å². The van der Waals surface area contributed by atoms with Crippen molar-refractivity contribution in [2.75, 3.05) is 10.6 Å². The summed E-state index contributed by atoms with van der Waals surface area (Å²) >= 11 is 1.27. The molecular weight excluding hydrogens is 324 g/mol. The van der Waals surface area contributed by atoms with Crippen molar-refractivity contribution >= 4 is 28.2 Å². The molecule has 3 aromatic rings. The second-order valence-electron chi connectivity index (χ2n) is 5.28. The number of rotatable bonds is 5. The average molecular weight is 340 g/mol. The molecule has 2 N–H and O–H groups in total. The summed E-state index contributed by atoms with van der Waals surface area (Å²) in [5.74, 6) is 0.259. The van der Waals surface area contributed by atoms with E-state index in [4.69, 9.17) is 0 Å². The minimum atomic E-state index is -0.282. The van der Waals surface area contributed by atoms with Crippen LogP contribution in [0.25, 0.3) is 10.7 Å². The third-order valence-electron chi connectivity index (χ3n) is 3.01. The van der Waals surface area contributed by atoms with Crippen LogP contribution in [0.15, 0.2) is 42.7 Å². The van der Waals surface area contributed by atoms with Crippen LogP contribution in [0.1, 0.15) is 24.2 Å². The van der Waals surface area contributed by atoms with E-state index in [9.17, 15) is 4.79 Å². The van der Waals surface area contributed by atoms with Gasteiger partial charge in [-0.15, -0.1) is 10.2 Å². The van der Waals surface area contributed by atoms with E-state index in [0.29, 0.717) is 21.5 Å². The lowest BCUT2D eigenvalue weighted by Crippen LogP contribution is -2.18. The first-order chi connectivity index (χ1) is 11.6. The van der Waals surface area contributed by atoms with E-state index >= 15 is 0 Å². The SMILES string of the molecule is CC(C)Nc1ncccc1C(=O)Nc1nnc(-c2ccccn2)s1. The van der Waals surface area contributed by atoms with Crippen LogP contribution in [-0.4, -0.2) is 32.1 Å². The summed E-state index contributed by atoms with van der Waals surface area (Å²) in [5, 5.41) is 15.1. The summed E-state index contributed by atoms with van der Waals surface area (Å²) in [5.41, 5.74) is 1.18. The second kappa shape index (κ2) is 7.14. The molecule has 24 heavy (non-hydrogen) atoms. The summed E-state index contributed by atoms with van der Waals surface area (Å²) in [6.45, 7) is 3.97. The number of nitrogens with one attached hydrogen (secondary N) is 2. The molecule has 3 heterocycles. The number of hydrogen-bond donors (Lipinski definition) is 2. The van der Waals surface area contributed by atoms with Crippen molar-refractivity contribution in [1.82, 2.24) is 20.2 Å². The van der Waals surface area contributed by atoms with Gasteiger partial charge in [0.2, 0.25) is 5.13 Å². The molecule has 0 fully saturated rings. The largest absolute Gasteiger partial charge is 0.367 e. The van der Waals surface area contributed by atoms with E-state index in [-0.39, 0.29) is 11.9 Å². The monoisotopic (exact) mass is 340 g/mol. The predicted octanol–water partition coefficient (Wildman–Crippen LogP) is 3.07. The first-order valence-corrected chi connectivity index (χ1v) is 8.23. The second-order valence-corrected chi connectivity index (χ2v) is 6.26. The van der Waals surface area contributed by atoms with Gasteiger partial charge in [-0.25, -0.2) is 4.98 Å². The summed E-state index contributed by atoms with van der Waals surface area (Å²) in [6.07, 6.45) is 3.33. The lowest BCUT2D eigenvalue weighted by atomic mass is 10.2. The van der Waals surface area contributed by atoms with Crippen LogP contribution >= 0.6 is 11.3 Å². The van der Waals surface area contributed by atoms with Gasteiger partial charge in [-0.05, 0) is 38.1 Å². The number of carbonyl (C=O) groups is 1. The highest BCUT2D eigenvalue weighted by Crippen LogP contribution is 2.25. The molecule has 3 aromatic heterocycles. The average Bonchev–Trinajstić information content (AvgIpc) is 3.04. The summed E-state index contributed by atoms with van der Waals surface area (Å²) in [7, 11) is 0. The van der Waals surface area contributed by atoms with Crippen LogP contribution in [0.3, 0.4) is 0 Å². The van der Waals surface area contributed by atoms with Crippen LogP contribution in [0.2, 0.25) is 0 Å². The topological polar surface area (TPSA) is 92.7 Å². The Hall–Kier alpha value is -2.87. The van der Waals surface area contributed by atoms with Gasteiger partial charge in [0.15, 0.2) is 5.01 Å². The van der Waals surface area contributed by atoms with Crippen LogP contribution in [0.5, 0.6) is 0 Å². The summed E-state index contributed by atoms with van der Waals surface area (Å²) in [4.78, 5) is 20.9. The molecule has 0 atom stereocenters. The molecule has 7 nitrogen and oxygen atoms in total. The first-order valence-electron chi connectivity index (χ1n) is 7.41. The molecule has 0 radical (unpaired) electrons. The first kappa shape index (κ1) is 16.0. The van der Waals surface area contributed by atoms with Crippen molar-refractivity contribution in [2.24, 2.45) is 0 Å². The third-order valence-corrected chi connectivity index (χ3v) is 3.87. The fourth-order valence-electron chi connectivity index (χ4n) is 2.01. The molecule has 0 saturated heterocycles. The maximum absolute atomic E-state index is 12.5. The Bertz CT molecular complexity index is 833. The molecule has 122 valence electrons. The van der Waals surface area contributed by atoms with E-state index in [1.165, 1.54) is 11.3 Å². The van der Waals surface area contributed by atoms with E-state index in [1.807, 2.05) is 32.0 Å². The van der Waals surface area contributed by atoms with Gasteiger partial charge in [-0.2, -0.15) is 0 Å². The maximum Gasteiger partial charge on any atom is 0.261 e. The smallest absolute Gasteiger partial charge is 0.261 e. The quantitative estimate of drug-likeness (QED) is 0.741. The van der Waals surface area contributed by atoms with Crippen LogP contribution in [0.4, 0.5) is 10.9 Å². The zero-order valence-electron chi connectivity index (χ0n) is 13.2. The van der Waals surface area contributed by atoms with E-state index in [2.05, 4.69) is 30.8 Å². The van der Waals surface area contributed by atoms with Gasteiger partial charge < -0.3 is 5.32 Å². The molecule has 0 aliphatic rings. The molecule has 0 spiro atoms. The molecule has 0 bridgehead atoms. The van der Waals surface area contributed by atoms with Gasteiger partial charge in [-0.3, -0.25) is 15.1 Å². The molecule has 0 aromatic carbocycles. The number of hydrogen-bond acceptors (Lipinski definition) is 7. The molecule has 3 rings (SSSR count). The van der Waals surface area contributed by atoms with Gasteiger partial charge in [0.05, 0.1) is 5.56 Å². The number of pyridine rings is 2. The fraction of sp³-hybridized carbons (Fsp3) is 0.188. The highest BCUT2D eigenvalue weighted by molar-refractivity contribution is 7.18. The van der Waals surface area contributed by atoms with Gasteiger partial charge in [0.25, 0.3) is 5.91 Å². The number of anilines is 2. The molecule has 1 amide bonds. The van der Waals surface area contributed by atoms with Crippen molar-refractivity contribution in [3.05, 3.63) is 48.3 Å². The van der Waals surface area contributed by atoms with Crippen molar-refractivity contribution in [2.45, 2.75) is 19.9 Å². The van der Waals surface area contributed by atoms with Crippen molar-refractivity contribution in [1.29, 1.82) is 0 Å². The summed E-state index contributed by atoms with van der Waals surface area (Å²) < 4.78 is 0. The Labute approximate surface area is 143 Å². The lowest BCUT2D eigenvalue weighted by molar-refractivity contribution is 0.102. The number of aromatic nitrogens is 4. The number of nitrogens with zero attached hydrogens (tertiary/aromatic N) is 4.